The second-order valence-electron chi connectivity index (χ2n) is 5.06. The maximum Gasteiger partial charge on any atom is 0.124 e. The lowest BCUT2D eigenvalue weighted by atomic mass is 10.1. The zero-order valence-corrected chi connectivity index (χ0v) is 14.5. The van der Waals surface area contributed by atoms with Gasteiger partial charge in [0, 0.05) is 24.6 Å². The van der Waals surface area contributed by atoms with Crippen LogP contribution in [0.25, 0.3) is 0 Å². The topological polar surface area (TPSA) is 15.3 Å². The molecule has 0 heterocycles. The van der Waals surface area contributed by atoms with Gasteiger partial charge < -0.3 is 10.2 Å². The molecule has 2 nitrogen and oxygen atoms in total. The minimum Gasteiger partial charge on any atom is -0.377 e. The Morgan fingerprint density at radius 3 is 2.57 bits per heavy atom. The van der Waals surface area contributed by atoms with E-state index in [4.69, 9.17) is 11.6 Å². The van der Waals surface area contributed by atoms with Crippen molar-refractivity contribution in [3.63, 3.8) is 0 Å². The Hall–Kier alpha value is -1.26. The van der Waals surface area contributed by atoms with E-state index in [1.807, 2.05) is 44.1 Å². The number of anilines is 2. The SMILES string of the molecule is CC(Nc1cccc(Cl)c1N(C)C)c1ccc(F)cc1Br. The molecule has 1 atom stereocenters. The third-order valence-electron chi connectivity index (χ3n) is 3.24. The predicted molar refractivity (Wildman–Crippen MR) is 91.9 cm³/mol. The Balaban J connectivity index is 2.31. The van der Waals surface area contributed by atoms with Crippen molar-refractivity contribution in [3.8, 4) is 0 Å². The highest BCUT2D eigenvalue weighted by Crippen LogP contribution is 2.35. The van der Waals surface area contributed by atoms with Crippen molar-refractivity contribution >= 4 is 38.9 Å². The summed E-state index contributed by atoms with van der Waals surface area (Å²) in [6.07, 6.45) is 0. The predicted octanol–water partition coefficient (Wildman–Crippen LogP) is 5.48. The van der Waals surface area contributed by atoms with Gasteiger partial charge in [-0.15, -0.1) is 0 Å². The summed E-state index contributed by atoms with van der Waals surface area (Å²) >= 11 is 9.67. The van der Waals surface area contributed by atoms with E-state index in [9.17, 15) is 4.39 Å². The van der Waals surface area contributed by atoms with Gasteiger partial charge in [-0.05, 0) is 36.8 Å². The van der Waals surface area contributed by atoms with Crippen molar-refractivity contribution in [2.75, 3.05) is 24.3 Å². The lowest BCUT2D eigenvalue weighted by Crippen LogP contribution is -2.15. The normalized spacial score (nSPS) is 12.1. The van der Waals surface area contributed by atoms with Crippen molar-refractivity contribution in [1.29, 1.82) is 0 Å². The first kappa shape index (κ1) is 16.1. The van der Waals surface area contributed by atoms with Crippen LogP contribution in [-0.2, 0) is 0 Å². The molecule has 0 aliphatic heterocycles. The summed E-state index contributed by atoms with van der Waals surface area (Å²) in [6.45, 7) is 2.03. The summed E-state index contributed by atoms with van der Waals surface area (Å²) in [5.41, 5.74) is 2.86. The average Bonchev–Trinajstić information content (AvgIpc) is 2.37. The average molecular weight is 372 g/mol. The van der Waals surface area contributed by atoms with Gasteiger partial charge in [-0.2, -0.15) is 0 Å². The van der Waals surface area contributed by atoms with Crippen LogP contribution < -0.4 is 10.2 Å². The quantitative estimate of drug-likeness (QED) is 0.765. The Kier molecular flexibility index (Phi) is 5.12. The molecule has 0 amide bonds. The molecule has 5 heteroatoms. The summed E-state index contributed by atoms with van der Waals surface area (Å²) in [7, 11) is 3.90. The van der Waals surface area contributed by atoms with Gasteiger partial charge >= 0.3 is 0 Å². The molecule has 0 aliphatic rings. The van der Waals surface area contributed by atoms with E-state index in [2.05, 4.69) is 21.2 Å². The molecular formula is C16H17BrClFN2. The van der Waals surface area contributed by atoms with Crippen LogP contribution in [-0.4, -0.2) is 14.1 Å². The number of hydrogen-bond donors (Lipinski definition) is 1. The number of nitrogens with zero attached hydrogens (tertiary/aromatic N) is 1. The highest BCUT2D eigenvalue weighted by Gasteiger charge is 2.14. The molecule has 0 fully saturated rings. The highest BCUT2D eigenvalue weighted by molar-refractivity contribution is 9.10. The van der Waals surface area contributed by atoms with Gasteiger partial charge in [0.2, 0.25) is 0 Å². The van der Waals surface area contributed by atoms with Gasteiger partial charge in [0.05, 0.1) is 16.4 Å². The van der Waals surface area contributed by atoms with Crippen LogP contribution in [0, 0.1) is 5.82 Å². The van der Waals surface area contributed by atoms with Crippen LogP contribution in [0.2, 0.25) is 5.02 Å². The van der Waals surface area contributed by atoms with Gasteiger partial charge in [-0.3, -0.25) is 0 Å². The molecule has 0 saturated carbocycles. The molecule has 0 saturated heterocycles. The second kappa shape index (κ2) is 6.67. The molecule has 2 aromatic rings. The van der Waals surface area contributed by atoms with Gasteiger partial charge in [-0.25, -0.2) is 4.39 Å². The zero-order chi connectivity index (χ0) is 15.6. The minimum atomic E-state index is -0.255. The van der Waals surface area contributed by atoms with E-state index in [1.165, 1.54) is 12.1 Å². The first-order valence-corrected chi connectivity index (χ1v) is 7.74. The van der Waals surface area contributed by atoms with E-state index < -0.39 is 0 Å². The number of nitrogens with one attached hydrogen (secondary N) is 1. The van der Waals surface area contributed by atoms with Crippen molar-refractivity contribution in [2.24, 2.45) is 0 Å². The molecule has 0 radical (unpaired) electrons. The Morgan fingerprint density at radius 1 is 1.24 bits per heavy atom. The molecular weight excluding hydrogens is 355 g/mol. The van der Waals surface area contributed by atoms with Crippen LogP contribution in [0.15, 0.2) is 40.9 Å². The number of para-hydroxylation sites is 1. The number of benzene rings is 2. The molecule has 0 aliphatic carbocycles. The second-order valence-corrected chi connectivity index (χ2v) is 6.32. The summed E-state index contributed by atoms with van der Waals surface area (Å²) < 4.78 is 13.9. The Labute approximate surface area is 138 Å². The molecule has 1 N–H and O–H groups in total. The largest absolute Gasteiger partial charge is 0.377 e. The fourth-order valence-electron chi connectivity index (χ4n) is 2.25. The molecule has 0 bridgehead atoms. The van der Waals surface area contributed by atoms with Crippen molar-refractivity contribution < 1.29 is 4.39 Å². The van der Waals surface area contributed by atoms with Crippen LogP contribution in [0.5, 0.6) is 0 Å². The summed E-state index contributed by atoms with van der Waals surface area (Å²) in [5, 5.41) is 4.12. The zero-order valence-electron chi connectivity index (χ0n) is 12.1. The molecule has 2 rings (SSSR count). The minimum absolute atomic E-state index is 0.0112. The fraction of sp³-hybridized carbons (Fsp3) is 0.250. The third kappa shape index (κ3) is 3.69. The van der Waals surface area contributed by atoms with E-state index >= 15 is 0 Å². The maximum absolute atomic E-state index is 13.2. The van der Waals surface area contributed by atoms with Crippen LogP contribution >= 0.6 is 27.5 Å². The van der Waals surface area contributed by atoms with Crippen molar-refractivity contribution in [1.82, 2.24) is 0 Å². The van der Waals surface area contributed by atoms with E-state index in [1.54, 1.807) is 6.07 Å². The van der Waals surface area contributed by atoms with Crippen LogP contribution in [0.4, 0.5) is 15.8 Å². The first-order valence-electron chi connectivity index (χ1n) is 6.57. The summed E-state index contributed by atoms with van der Waals surface area (Å²) in [4.78, 5) is 1.97. The van der Waals surface area contributed by atoms with Gasteiger partial charge in [0.25, 0.3) is 0 Å². The lowest BCUT2D eigenvalue weighted by molar-refractivity contribution is 0.625. The number of halogens is 3. The van der Waals surface area contributed by atoms with Gasteiger partial charge in [0.1, 0.15) is 5.82 Å². The number of hydrogen-bond acceptors (Lipinski definition) is 2. The molecule has 21 heavy (non-hydrogen) atoms. The molecule has 1 unspecified atom stereocenters. The third-order valence-corrected chi connectivity index (χ3v) is 4.23. The molecule has 112 valence electrons. The van der Waals surface area contributed by atoms with Crippen LogP contribution in [0.1, 0.15) is 18.5 Å². The standard InChI is InChI=1S/C16H17BrClFN2/c1-10(12-8-7-11(19)9-13(12)17)20-15-6-4-5-14(18)16(15)21(2)3/h4-10,20H,1-3H3. The van der Waals surface area contributed by atoms with Gasteiger partial charge in [-0.1, -0.05) is 39.7 Å². The van der Waals surface area contributed by atoms with E-state index in [0.29, 0.717) is 5.02 Å². The molecule has 2 aromatic carbocycles. The summed E-state index contributed by atoms with van der Waals surface area (Å²) in [5.74, 6) is -0.255. The monoisotopic (exact) mass is 370 g/mol. The smallest absolute Gasteiger partial charge is 0.124 e. The molecule has 0 spiro atoms. The maximum atomic E-state index is 13.2. The first-order chi connectivity index (χ1) is 9.90. The Bertz CT molecular complexity index is 646. The van der Waals surface area contributed by atoms with Gasteiger partial charge in [0.15, 0.2) is 0 Å². The van der Waals surface area contributed by atoms with Crippen molar-refractivity contribution in [3.05, 3.63) is 57.3 Å². The molecule has 0 aromatic heterocycles. The van der Waals surface area contributed by atoms with E-state index in [0.717, 1.165) is 21.4 Å². The highest BCUT2D eigenvalue weighted by atomic mass is 79.9. The summed E-state index contributed by atoms with van der Waals surface area (Å²) in [6, 6.07) is 10.5. The van der Waals surface area contributed by atoms with Crippen LogP contribution in [0.3, 0.4) is 0 Å². The fourth-order valence-corrected chi connectivity index (χ4v) is 3.29. The lowest BCUT2D eigenvalue weighted by Gasteiger charge is -2.23. The van der Waals surface area contributed by atoms with E-state index in [-0.39, 0.29) is 11.9 Å². The Morgan fingerprint density at radius 2 is 1.95 bits per heavy atom. The number of rotatable bonds is 4. The van der Waals surface area contributed by atoms with Crippen molar-refractivity contribution in [2.45, 2.75) is 13.0 Å².